The third kappa shape index (κ3) is 12.1. The molecule has 0 saturated carbocycles. The SMILES string of the molecule is O=P1(c2ccccc2)c2ccccc2-c2c1ccc1c3ccccc3n(-c3ccc(-c4ccc5cc6ccccc6cc5c4)cc3)c21.O=P1(c2ccccc2)c2ccccc2-c2c1ccc1c3ccccc3n(-c3ccc(-c4ccc5oc6ccccc6c5c4)cc3)c21.O=P1(c2ccccc2)c2ccccc2-c2c1ccc1c3ccccc3n(-c3ccc(-c4cccc5oc6ccccc6c45)cc3)c21. The zero-order valence-electron chi connectivity index (χ0n) is 74.9. The average Bonchev–Trinajstić information content (AvgIpc) is 1.54. The molecule has 0 saturated heterocycles. The summed E-state index contributed by atoms with van der Waals surface area (Å²) < 4.78 is 65.3. The first-order valence-corrected chi connectivity index (χ1v) is 52.3. The molecule has 0 spiro atoms. The highest BCUT2D eigenvalue weighted by molar-refractivity contribution is 7.87. The van der Waals surface area contributed by atoms with Crippen LogP contribution in [0, 0.1) is 0 Å². The first-order valence-electron chi connectivity index (χ1n) is 47.1. The standard InChI is InChI=1S/C44H28NOP.2C42H26NO2P/c46-47(36-12-2-1-3-13-36)41-17-9-7-15-39(41)43-42(47)25-24-38-37-14-6-8-16-40(37)45(44(38)43)35-22-20-29(21-23-35)32-18-19-33-26-30-10-4-5-11-31(30)27-34(33)28-32;44-46(29-11-2-1-3-12-29)38-20-9-6-15-34(38)41-39(46)26-25-32-31-13-4-7-17-35(31)43(42(32)41)28-23-21-27(22-24-28)30-16-10-19-37-40(30)33-14-5-8-18-36(33)45-37;44-46(30-10-2-1-3-11-30)39-17-9-6-14-34(39)41-40(46)25-23-33-31-12-4-7-15-36(31)43(42(33)41)29-21-18-27(19-22-29)28-20-24-38-35(26-28)32-13-5-8-16-37(32)45-38/h1-28H;2*1-26H. The van der Waals surface area contributed by atoms with Crippen molar-refractivity contribution >= 4 is 200 Å². The lowest BCUT2D eigenvalue weighted by atomic mass is 9.98. The number of benzene rings is 22. The van der Waals surface area contributed by atoms with Crippen molar-refractivity contribution in [1.82, 2.24) is 13.7 Å². The fraction of sp³-hybridized carbons (Fsp3) is 0. The molecule has 0 N–H and O–H groups in total. The van der Waals surface area contributed by atoms with E-state index < -0.39 is 21.4 Å². The van der Waals surface area contributed by atoms with Crippen LogP contribution in [-0.4, -0.2) is 13.7 Å². The summed E-state index contributed by atoms with van der Waals surface area (Å²) in [5, 5.41) is 24.6. The molecule has 8 nitrogen and oxygen atoms in total. The highest BCUT2D eigenvalue weighted by Crippen LogP contribution is 2.59. The molecule has 30 rings (SSSR count). The molecule has 0 amide bonds. The maximum absolute atomic E-state index is 15.3. The van der Waals surface area contributed by atoms with Crippen molar-refractivity contribution in [3.63, 3.8) is 0 Å². The fourth-order valence-electron chi connectivity index (χ4n) is 23.0. The Morgan fingerprint density at radius 3 is 0.950 bits per heavy atom. The number of furan rings is 2. The van der Waals surface area contributed by atoms with E-state index in [9.17, 15) is 0 Å². The van der Waals surface area contributed by atoms with E-state index in [2.05, 4.69) is 359 Å². The van der Waals surface area contributed by atoms with Crippen LogP contribution < -0.4 is 47.7 Å². The van der Waals surface area contributed by atoms with Gasteiger partial charge in [0, 0.05) is 135 Å². The lowest BCUT2D eigenvalue weighted by Crippen LogP contribution is -2.20. The maximum atomic E-state index is 15.3. The molecule has 8 heterocycles. The van der Waals surface area contributed by atoms with Gasteiger partial charge >= 0.3 is 0 Å². The number of aromatic nitrogens is 3. The van der Waals surface area contributed by atoms with Crippen molar-refractivity contribution in [2.45, 2.75) is 0 Å². The molecule has 0 bridgehead atoms. The van der Waals surface area contributed by atoms with Crippen LogP contribution in [0.2, 0.25) is 0 Å². The Bertz CT molecular complexity index is 10000. The monoisotopic (exact) mass is 1830 g/mol. The lowest BCUT2D eigenvalue weighted by molar-refractivity contribution is 0.592. The summed E-state index contributed by atoms with van der Waals surface area (Å²) in [6.07, 6.45) is 0. The quantitative estimate of drug-likeness (QED) is 0.106. The molecule has 0 radical (unpaired) electrons. The maximum Gasteiger partial charge on any atom is 0.172 e. The zero-order chi connectivity index (χ0) is 91.9. The first kappa shape index (κ1) is 80.5. The average molecular weight is 1830 g/mol. The van der Waals surface area contributed by atoms with Gasteiger partial charge in [-0.05, 0) is 193 Å². The van der Waals surface area contributed by atoms with Crippen LogP contribution in [0.4, 0.5) is 0 Å². The van der Waals surface area contributed by atoms with Gasteiger partial charge in [-0.3, -0.25) is 0 Å². The van der Waals surface area contributed by atoms with Crippen LogP contribution in [-0.2, 0) is 13.7 Å². The molecule has 5 aromatic heterocycles. The molecular formula is C128H80N3O5P3. The van der Waals surface area contributed by atoms with E-state index >= 15 is 13.7 Å². The molecule has 3 aliphatic rings. The summed E-state index contributed by atoms with van der Waals surface area (Å²) in [6, 6.07) is 169. The molecule has 22 aromatic carbocycles. The predicted molar refractivity (Wildman–Crippen MR) is 583 cm³/mol. The van der Waals surface area contributed by atoms with Crippen LogP contribution in [0.25, 0.3) is 215 Å². The number of rotatable bonds is 9. The van der Waals surface area contributed by atoms with Gasteiger partial charge in [0.25, 0.3) is 0 Å². The highest BCUT2D eigenvalue weighted by atomic mass is 31.2. The molecule has 3 atom stereocenters. The summed E-state index contributed by atoms with van der Waals surface area (Å²) in [4.78, 5) is 0. The molecule has 0 fully saturated rings. The summed E-state index contributed by atoms with van der Waals surface area (Å²) in [5.41, 5.74) is 26.8. The minimum atomic E-state index is -3.07. The number of para-hydroxylation sites is 5. The van der Waals surface area contributed by atoms with Crippen molar-refractivity contribution in [1.29, 1.82) is 0 Å². The second-order valence-electron chi connectivity index (χ2n) is 36.5. The van der Waals surface area contributed by atoms with Crippen LogP contribution in [0.15, 0.2) is 494 Å². The fourth-order valence-corrected chi connectivity index (χ4v) is 32.1. The number of hydrogen-bond acceptors (Lipinski definition) is 5. The van der Waals surface area contributed by atoms with Crippen molar-refractivity contribution in [3.8, 4) is 83.8 Å². The Labute approximate surface area is 799 Å². The molecule has 0 aliphatic carbocycles. The van der Waals surface area contributed by atoms with Gasteiger partial charge in [-0.1, -0.05) is 364 Å². The third-order valence-electron chi connectivity index (χ3n) is 29.2. The largest absolute Gasteiger partial charge is 0.456 e. The summed E-state index contributed by atoms with van der Waals surface area (Å²) in [5.74, 6) is 0. The van der Waals surface area contributed by atoms with Gasteiger partial charge in [-0.2, -0.15) is 0 Å². The molecule has 3 aliphatic heterocycles. The lowest BCUT2D eigenvalue weighted by Gasteiger charge is -2.16. The number of hydrogen-bond donors (Lipinski definition) is 0. The minimum absolute atomic E-state index is 0.869. The van der Waals surface area contributed by atoms with Gasteiger partial charge < -0.3 is 36.2 Å². The smallest absolute Gasteiger partial charge is 0.172 e. The van der Waals surface area contributed by atoms with Crippen molar-refractivity contribution < 1.29 is 22.5 Å². The molecule has 11 heteroatoms. The van der Waals surface area contributed by atoms with Gasteiger partial charge in [0.2, 0.25) is 0 Å². The first-order chi connectivity index (χ1) is 68.6. The Morgan fingerprint density at radius 2 is 0.496 bits per heavy atom. The van der Waals surface area contributed by atoms with Crippen LogP contribution >= 0.6 is 21.4 Å². The van der Waals surface area contributed by atoms with Crippen molar-refractivity contribution in [2.75, 3.05) is 0 Å². The normalized spacial score (nSPS) is 15.5. The summed E-state index contributed by atoms with van der Waals surface area (Å²) in [7, 11) is -9.19. The molecule has 652 valence electrons. The summed E-state index contributed by atoms with van der Waals surface area (Å²) in [6.45, 7) is 0. The van der Waals surface area contributed by atoms with Gasteiger partial charge in [0.15, 0.2) is 21.4 Å². The van der Waals surface area contributed by atoms with E-state index in [0.29, 0.717) is 0 Å². The predicted octanol–water partition coefficient (Wildman–Crippen LogP) is 30.3. The van der Waals surface area contributed by atoms with Gasteiger partial charge in [-0.15, -0.1) is 0 Å². The molecule has 3 unspecified atom stereocenters. The Kier molecular flexibility index (Phi) is 18.1. The number of nitrogens with zero attached hydrogens (tertiary/aromatic N) is 3. The Balaban J connectivity index is 0.000000103. The topological polar surface area (TPSA) is 92.3 Å². The van der Waals surface area contributed by atoms with Gasteiger partial charge in [0.1, 0.15) is 22.3 Å². The third-order valence-corrected chi connectivity index (χ3v) is 38.6. The second-order valence-corrected chi connectivity index (χ2v) is 44.6. The van der Waals surface area contributed by atoms with E-state index in [1.165, 1.54) is 54.2 Å². The van der Waals surface area contributed by atoms with Crippen LogP contribution in [0.3, 0.4) is 0 Å². The summed E-state index contributed by atoms with van der Waals surface area (Å²) >= 11 is 0. The zero-order valence-corrected chi connectivity index (χ0v) is 77.6. The Morgan fingerprint density at radius 1 is 0.180 bits per heavy atom. The van der Waals surface area contributed by atoms with Crippen molar-refractivity contribution in [2.24, 2.45) is 0 Å². The number of fused-ring (bicyclic) bond motifs is 29. The van der Waals surface area contributed by atoms with Crippen LogP contribution in [0.5, 0.6) is 0 Å². The van der Waals surface area contributed by atoms with Gasteiger partial charge in [0.05, 0.1) is 33.1 Å². The Hall–Kier alpha value is -17.0. The minimum Gasteiger partial charge on any atom is -0.456 e. The van der Waals surface area contributed by atoms with E-state index in [4.69, 9.17) is 8.83 Å². The van der Waals surface area contributed by atoms with E-state index in [1.54, 1.807) is 0 Å². The van der Waals surface area contributed by atoms with E-state index in [-0.39, 0.29) is 0 Å². The molecule has 27 aromatic rings. The second kappa shape index (κ2) is 31.3. The van der Waals surface area contributed by atoms with Gasteiger partial charge in [-0.25, -0.2) is 0 Å². The van der Waals surface area contributed by atoms with Crippen molar-refractivity contribution in [3.05, 3.63) is 485 Å². The molecule has 139 heavy (non-hydrogen) atoms. The van der Waals surface area contributed by atoms with E-state index in [0.717, 1.165) is 208 Å². The molecular weight excluding hydrogens is 1750 g/mol. The highest BCUT2D eigenvalue weighted by Gasteiger charge is 2.46. The van der Waals surface area contributed by atoms with E-state index in [1.807, 2.05) is 140 Å². The van der Waals surface area contributed by atoms with Crippen LogP contribution in [0.1, 0.15) is 0 Å².